The highest BCUT2D eigenvalue weighted by Crippen LogP contribution is 2.30. The number of hydrogen-bond donors (Lipinski definition) is 1. The molecule has 1 unspecified atom stereocenters. The van der Waals surface area contributed by atoms with E-state index in [1.807, 2.05) is 24.5 Å². The van der Waals surface area contributed by atoms with Crippen LogP contribution in [0.3, 0.4) is 0 Å². The lowest BCUT2D eigenvalue weighted by Crippen LogP contribution is -2.35. The van der Waals surface area contributed by atoms with Crippen molar-refractivity contribution in [2.75, 3.05) is 19.6 Å². The molecule has 0 radical (unpaired) electrons. The van der Waals surface area contributed by atoms with Crippen molar-refractivity contribution >= 4 is 38.7 Å². The largest absolute Gasteiger partial charge is 0.355 e. The second-order valence-electron chi connectivity index (χ2n) is 8.15. The average Bonchev–Trinajstić information content (AvgIpc) is 3.08. The molecule has 0 bridgehead atoms. The summed E-state index contributed by atoms with van der Waals surface area (Å²) in [5, 5.41) is 3.40. The van der Waals surface area contributed by atoms with Gasteiger partial charge in [-0.05, 0) is 50.8 Å². The average molecular weight is 453 g/mol. The summed E-state index contributed by atoms with van der Waals surface area (Å²) in [6.07, 6.45) is 2.89. The van der Waals surface area contributed by atoms with Crippen LogP contribution >= 0.6 is 11.8 Å². The number of carbonyl (C=O) groups excluding carboxylic acids is 1. The maximum atomic E-state index is 13.0. The van der Waals surface area contributed by atoms with Gasteiger partial charge in [-0.25, -0.2) is 13.4 Å². The monoisotopic (exact) mass is 452 g/mol. The molecule has 1 atom stereocenters. The Hall–Kier alpha value is -1.58. The molecule has 30 heavy (non-hydrogen) atoms. The summed E-state index contributed by atoms with van der Waals surface area (Å²) < 4.78 is 29.6. The van der Waals surface area contributed by atoms with Crippen molar-refractivity contribution in [1.82, 2.24) is 19.2 Å². The minimum Gasteiger partial charge on any atom is -0.355 e. The van der Waals surface area contributed by atoms with Gasteiger partial charge in [-0.2, -0.15) is 4.31 Å². The molecule has 1 fully saturated rings. The van der Waals surface area contributed by atoms with Crippen molar-refractivity contribution < 1.29 is 13.2 Å². The predicted molar refractivity (Wildman–Crippen MR) is 121 cm³/mol. The van der Waals surface area contributed by atoms with Gasteiger partial charge in [-0.3, -0.25) is 4.79 Å². The van der Waals surface area contributed by atoms with Gasteiger partial charge in [0.2, 0.25) is 15.9 Å². The number of hydrogen-bond acceptors (Lipinski definition) is 5. The van der Waals surface area contributed by atoms with Gasteiger partial charge in [0.1, 0.15) is 0 Å². The van der Waals surface area contributed by atoms with Crippen LogP contribution in [-0.2, 0) is 21.4 Å². The molecule has 1 aromatic heterocycles. The smallest absolute Gasteiger partial charge is 0.243 e. The number of thioether (sulfide) groups is 1. The molecular formula is C21H32N4O3S2. The van der Waals surface area contributed by atoms with Gasteiger partial charge in [-0.15, -0.1) is 0 Å². The maximum Gasteiger partial charge on any atom is 0.243 e. The van der Waals surface area contributed by atoms with Crippen molar-refractivity contribution in [3.8, 4) is 0 Å². The number of nitrogens with one attached hydrogen (secondary N) is 1. The Bertz CT molecular complexity index is 995. The molecule has 1 aromatic carbocycles. The van der Waals surface area contributed by atoms with Crippen LogP contribution in [0, 0.1) is 5.92 Å². The summed E-state index contributed by atoms with van der Waals surface area (Å²) >= 11 is 1.40. The first kappa shape index (κ1) is 23.1. The van der Waals surface area contributed by atoms with Crippen LogP contribution in [0.25, 0.3) is 11.0 Å². The van der Waals surface area contributed by atoms with Crippen molar-refractivity contribution in [2.24, 2.45) is 5.92 Å². The number of nitrogens with zero attached hydrogens (tertiary/aromatic N) is 3. The van der Waals surface area contributed by atoms with Crippen LogP contribution in [-0.4, -0.2) is 53.1 Å². The van der Waals surface area contributed by atoms with E-state index in [9.17, 15) is 13.2 Å². The number of amides is 1. The molecule has 9 heteroatoms. The predicted octanol–water partition coefficient (Wildman–Crippen LogP) is 3.48. The van der Waals surface area contributed by atoms with E-state index in [0.29, 0.717) is 37.6 Å². The van der Waals surface area contributed by atoms with Crippen molar-refractivity contribution in [3.63, 3.8) is 0 Å². The first-order chi connectivity index (χ1) is 14.2. The summed E-state index contributed by atoms with van der Waals surface area (Å²) in [7, 11) is -3.50. The van der Waals surface area contributed by atoms with E-state index in [1.165, 1.54) is 11.8 Å². The molecule has 0 spiro atoms. The van der Waals surface area contributed by atoms with Gasteiger partial charge < -0.3 is 9.88 Å². The quantitative estimate of drug-likeness (QED) is 0.620. The molecule has 166 valence electrons. The summed E-state index contributed by atoms with van der Waals surface area (Å²) in [6, 6.07) is 5.17. The highest BCUT2D eigenvalue weighted by Gasteiger charge is 2.27. The first-order valence-corrected chi connectivity index (χ1v) is 13.0. The molecule has 0 saturated carbocycles. The van der Waals surface area contributed by atoms with Gasteiger partial charge in [0, 0.05) is 26.2 Å². The SMILES string of the molecule is CCn1c(SC(C)C(=O)NCC(C)C)nc2cc(S(=O)(=O)N3CCCCC3)ccc21. The van der Waals surface area contributed by atoms with E-state index in [4.69, 9.17) is 0 Å². The minimum absolute atomic E-state index is 0.0169. The van der Waals surface area contributed by atoms with Crippen molar-refractivity contribution in [3.05, 3.63) is 18.2 Å². The van der Waals surface area contributed by atoms with Crippen molar-refractivity contribution in [2.45, 2.75) is 68.8 Å². The zero-order chi connectivity index (χ0) is 21.9. The Labute approximate surface area is 183 Å². The lowest BCUT2D eigenvalue weighted by molar-refractivity contribution is -0.120. The third-order valence-electron chi connectivity index (χ3n) is 5.29. The van der Waals surface area contributed by atoms with Crippen LogP contribution < -0.4 is 5.32 Å². The molecular weight excluding hydrogens is 420 g/mol. The lowest BCUT2D eigenvalue weighted by atomic mass is 10.2. The summed E-state index contributed by atoms with van der Waals surface area (Å²) in [5.41, 5.74) is 1.53. The number of benzene rings is 1. The van der Waals surface area contributed by atoms with E-state index >= 15 is 0 Å². The van der Waals surface area contributed by atoms with Crippen LogP contribution in [0.1, 0.15) is 47.0 Å². The topological polar surface area (TPSA) is 84.3 Å². The van der Waals surface area contributed by atoms with Gasteiger partial charge >= 0.3 is 0 Å². The number of rotatable bonds is 8. The van der Waals surface area contributed by atoms with Crippen molar-refractivity contribution in [1.29, 1.82) is 0 Å². The highest BCUT2D eigenvalue weighted by atomic mass is 32.2. The zero-order valence-electron chi connectivity index (χ0n) is 18.2. The third-order valence-corrected chi connectivity index (χ3v) is 8.27. The molecule has 2 aromatic rings. The minimum atomic E-state index is -3.50. The molecule has 1 aliphatic rings. The summed E-state index contributed by atoms with van der Waals surface area (Å²) in [4.78, 5) is 17.3. The van der Waals surface area contributed by atoms with Crippen LogP contribution in [0.2, 0.25) is 0 Å². The van der Waals surface area contributed by atoms with Gasteiger partial charge in [0.25, 0.3) is 0 Å². The molecule has 0 aliphatic carbocycles. The molecule has 2 heterocycles. The summed E-state index contributed by atoms with van der Waals surface area (Å²) in [5.74, 6) is 0.378. The molecule has 1 N–H and O–H groups in total. The Kier molecular flexibility index (Phi) is 7.47. The van der Waals surface area contributed by atoms with Gasteiger partial charge in [0.15, 0.2) is 5.16 Å². The van der Waals surface area contributed by atoms with E-state index in [-0.39, 0.29) is 16.1 Å². The molecule has 1 saturated heterocycles. The molecule has 7 nitrogen and oxygen atoms in total. The second-order valence-corrected chi connectivity index (χ2v) is 11.4. The van der Waals surface area contributed by atoms with Crippen LogP contribution in [0.15, 0.2) is 28.3 Å². The standard InChI is InChI=1S/C21H32N4O3S2/c1-5-25-19-10-9-17(30(27,28)24-11-7-6-8-12-24)13-18(19)23-21(25)29-16(4)20(26)22-14-15(2)3/h9-10,13,15-16H,5-8,11-12,14H2,1-4H3,(H,22,26). The Morgan fingerprint density at radius 3 is 2.53 bits per heavy atom. The fraction of sp³-hybridized carbons (Fsp3) is 0.619. The fourth-order valence-corrected chi connectivity index (χ4v) is 6.11. The number of aromatic nitrogens is 2. The Balaban J connectivity index is 1.86. The molecule has 1 aliphatic heterocycles. The van der Waals surface area contributed by atoms with E-state index < -0.39 is 10.0 Å². The Morgan fingerprint density at radius 2 is 1.90 bits per heavy atom. The van der Waals surface area contributed by atoms with Gasteiger partial charge in [-0.1, -0.05) is 32.0 Å². The van der Waals surface area contributed by atoms with E-state index in [1.54, 1.807) is 16.4 Å². The zero-order valence-corrected chi connectivity index (χ0v) is 19.9. The maximum absolute atomic E-state index is 13.0. The third kappa shape index (κ3) is 5.00. The van der Waals surface area contributed by atoms with Crippen LogP contribution in [0.4, 0.5) is 0 Å². The fourth-order valence-electron chi connectivity index (χ4n) is 3.56. The lowest BCUT2D eigenvalue weighted by Gasteiger charge is -2.25. The highest BCUT2D eigenvalue weighted by molar-refractivity contribution is 8.00. The number of carbonyl (C=O) groups is 1. The number of piperidine rings is 1. The number of fused-ring (bicyclic) bond motifs is 1. The second kappa shape index (κ2) is 9.70. The number of aryl methyl sites for hydroxylation is 1. The van der Waals surface area contributed by atoms with Crippen LogP contribution in [0.5, 0.6) is 0 Å². The molecule has 1 amide bonds. The van der Waals surface area contributed by atoms with Gasteiger partial charge in [0.05, 0.1) is 21.2 Å². The first-order valence-electron chi connectivity index (χ1n) is 10.7. The number of sulfonamides is 1. The summed E-state index contributed by atoms with van der Waals surface area (Å²) in [6.45, 7) is 10.5. The molecule has 3 rings (SSSR count). The Morgan fingerprint density at radius 1 is 1.20 bits per heavy atom. The van der Waals surface area contributed by atoms with E-state index in [0.717, 1.165) is 29.9 Å². The number of imidazole rings is 1. The van der Waals surface area contributed by atoms with E-state index in [2.05, 4.69) is 24.1 Å². The normalized spacial score (nSPS) is 16.8.